The number of nitrogens with zero attached hydrogens (tertiary/aromatic N) is 6. The van der Waals surface area contributed by atoms with Gasteiger partial charge in [0.05, 0.1) is 46.1 Å². The molecular weight excluding hydrogens is 562 g/mol. The van der Waals surface area contributed by atoms with Crippen molar-refractivity contribution < 1.29 is 21.9 Å². The summed E-state index contributed by atoms with van der Waals surface area (Å²) in [5, 5.41) is 13.6. The molecule has 2 aliphatic carbocycles. The zero-order valence-electron chi connectivity index (χ0n) is 23.9. The lowest BCUT2D eigenvalue weighted by molar-refractivity contribution is 0.202. The molecule has 4 aromatic rings. The number of fused-ring (bicyclic) bond motifs is 5. The van der Waals surface area contributed by atoms with Crippen LogP contribution in [0.3, 0.4) is 0 Å². The molecule has 0 N–H and O–H groups in total. The molecule has 0 saturated heterocycles. The Hall–Kier alpha value is -3.64. The van der Waals surface area contributed by atoms with Gasteiger partial charge in [0.15, 0.2) is 0 Å². The van der Waals surface area contributed by atoms with Crippen LogP contribution in [0.15, 0.2) is 42.7 Å². The predicted octanol–water partition coefficient (Wildman–Crippen LogP) is 4.38. The van der Waals surface area contributed by atoms with Crippen LogP contribution in [0, 0.1) is 17.0 Å². The first-order valence-electron chi connectivity index (χ1n) is 13.9. The summed E-state index contributed by atoms with van der Waals surface area (Å²) in [5.41, 5.74) is 3.10. The zero-order chi connectivity index (χ0) is 29.9. The van der Waals surface area contributed by atoms with Gasteiger partial charge in [-0.1, -0.05) is 19.9 Å². The van der Waals surface area contributed by atoms with Crippen LogP contribution in [-0.2, 0) is 32.8 Å². The molecule has 1 aromatic carbocycles. The van der Waals surface area contributed by atoms with Gasteiger partial charge >= 0.3 is 0 Å². The van der Waals surface area contributed by atoms with E-state index in [0.717, 1.165) is 35.4 Å². The molecule has 0 aliphatic heterocycles. The molecule has 0 unspecified atom stereocenters. The smallest absolute Gasteiger partial charge is 0.250 e. The number of hydrogen-bond donors (Lipinski definition) is 0. The van der Waals surface area contributed by atoms with Crippen molar-refractivity contribution in [2.24, 2.45) is 5.41 Å². The predicted molar refractivity (Wildman–Crippen MR) is 152 cm³/mol. The van der Waals surface area contributed by atoms with Gasteiger partial charge in [-0.25, -0.2) is 31.8 Å². The fourth-order valence-electron chi connectivity index (χ4n) is 6.91. The van der Waals surface area contributed by atoms with Crippen molar-refractivity contribution in [1.82, 2.24) is 29.9 Å². The third-order valence-electron chi connectivity index (χ3n) is 9.05. The molecule has 12 heteroatoms. The molecular formula is C30H32F2N6O3S. The lowest BCUT2D eigenvalue weighted by Gasteiger charge is -2.37. The topological polar surface area (TPSA) is 113 Å². The van der Waals surface area contributed by atoms with E-state index in [9.17, 15) is 17.2 Å². The van der Waals surface area contributed by atoms with Gasteiger partial charge in [0.2, 0.25) is 0 Å². The lowest BCUT2D eigenvalue weighted by Crippen LogP contribution is -2.38. The first-order valence-corrected chi connectivity index (χ1v) is 15.9. The Morgan fingerprint density at radius 3 is 2.60 bits per heavy atom. The van der Waals surface area contributed by atoms with Crippen LogP contribution in [0.1, 0.15) is 60.8 Å². The molecule has 2 atom stereocenters. The monoisotopic (exact) mass is 594 g/mol. The molecule has 42 heavy (non-hydrogen) atoms. The zero-order valence-corrected chi connectivity index (χ0v) is 24.8. The number of hydrogen-bond acceptors (Lipinski definition) is 8. The van der Waals surface area contributed by atoms with Crippen molar-refractivity contribution in [3.05, 3.63) is 82.6 Å². The SMILES string of the molecule is COCCc1cn(-c2nccc([C@@]34CC[C@@H](c5cc(-c6c(F)cccc6F)nnc53)C4(C)C)n2)nc1CCS(C)(=O)=O. The summed E-state index contributed by atoms with van der Waals surface area (Å²) in [6, 6.07) is 7.43. The normalized spacial score (nSPS) is 20.7. The Bertz CT molecular complexity index is 1770. The Labute approximate surface area is 243 Å². The highest BCUT2D eigenvalue weighted by atomic mass is 32.2. The van der Waals surface area contributed by atoms with Gasteiger partial charge in [0.1, 0.15) is 21.5 Å². The van der Waals surface area contributed by atoms with Gasteiger partial charge in [-0.15, -0.1) is 5.10 Å². The van der Waals surface area contributed by atoms with Crippen LogP contribution in [0.2, 0.25) is 0 Å². The quantitative estimate of drug-likeness (QED) is 0.281. The standard InChI is InChI=1S/C30H32F2N6O3S/c1-29(2)20-8-12-30(29,27-19(20)16-24(35-36-27)26-21(31)6-5-7-22(26)32)25-9-13-33-28(34-25)38-17-18(10-14-41-3)23(37-38)11-15-42(4,39)40/h5-7,9,13,16-17,20H,8,10-12,14-15H2,1-4H3/t20-,30-/m0/s1. The van der Waals surface area contributed by atoms with Crippen LogP contribution in [0.25, 0.3) is 17.2 Å². The van der Waals surface area contributed by atoms with Gasteiger partial charge in [-0.3, -0.25) is 0 Å². The van der Waals surface area contributed by atoms with Crippen molar-refractivity contribution >= 4 is 9.84 Å². The minimum atomic E-state index is -3.17. The molecule has 9 nitrogen and oxygen atoms in total. The number of rotatable bonds is 9. The van der Waals surface area contributed by atoms with Crippen LogP contribution in [-0.4, -0.2) is 64.1 Å². The maximum atomic E-state index is 14.6. The maximum Gasteiger partial charge on any atom is 0.250 e. The molecule has 0 amide bonds. The van der Waals surface area contributed by atoms with E-state index in [1.54, 1.807) is 24.1 Å². The number of ether oxygens (including phenoxy) is 1. The van der Waals surface area contributed by atoms with Gasteiger partial charge in [-0.2, -0.15) is 10.2 Å². The van der Waals surface area contributed by atoms with E-state index >= 15 is 0 Å². The lowest BCUT2D eigenvalue weighted by atomic mass is 9.66. The number of benzene rings is 1. The summed E-state index contributed by atoms with van der Waals surface area (Å²) in [7, 11) is -1.56. The molecule has 3 aromatic heterocycles. The molecule has 3 heterocycles. The van der Waals surface area contributed by atoms with E-state index < -0.39 is 26.9 Å². The fraction of sp³-hybridized carbons (Fsp3) is 0.433. The van der Waals surface area contributed by atoms with Crippen LogP contribution in [0.4, 0.5) is 8.78 Å². The molecule has 2 aliphatic rings. The van der Waals surface area contributed by atoms with Crippen LogP contribution >= 0.6 is 0 Å². The summed E-state index contributed by atoms with van der Waals surface area (Å²) in [5.74, 6) is -0.916. The first kappa shape index (κ1) is 28.5. The molecule has 6 rings (SSSR count). The second kappa shape index (κ2) is 10.3. The van der Waals surface area contributed by atoms with Gasteiger partial charge in [-0.05, 0) is 66.0 Å². The van der Waals surface area contributed by atoms with E-state index in [0.29, 0.717) is 24.7 Å². The minimum absolute atomic E-state index is 0.0161. The number of aromatic nitrogens is 6. The number of sulfone groups is 1. The molecule has 0 radical (unpaired) electrons. The first-order chi connectivity index (χ1) is 20.0. The maximum absolute atomic E-state index is 14.6. The van der Waals surface area contributed by atoms with Crippen molar-refractivity contribution in [2.45, 2.75) is 50.9 Å². The molecule has 1 fully saturated rings. The van der Waals surface area contributed by atoms with Gasteiger partial charge < -0.3 is 4.74 Å². The summed E-state index contributed by atoms with van der Waals surface area (Å²) < 4.78 is 59.7. The highest BCUT2D eigenvalue weighted by Gasteiger charge is 2.65. The molecule has 220 valence electrons. The second-order valence-corrected chi connectivity index (χ2v) is 14.0. The molecule has 2 bridgehead atoms. The molecule has 1 saturated carbocycles. The average molecular weight is 595 g/mol. The third kappa shape index (κ3) is 4.51. The van der Waals surface area contributed by atoms with E-state index in [1.807, 2.05) is 12.3 Å². The second-order valence-electron chi connectivity index (χ2n) is 11.8. The largest absolute Gasteiger partial charge is 0.384 e. The Morgan fingerprint density at radius 1 is 1.12 bits per heavy atom. The van der Waals surface area contributed by atoms with Crippen molar-refractivity contribution in [3.8, 4) is 17.2 Å². The molecule has 0 spiro atoms. The summed E-state index contributed by atoms with van der Waals surface area (Å²) in [6.45, 7) is 4.82. The third-order valence-corrected chi connectivity index (χ3v) is 9.99. The van der Waals surface area contributed by atoms with Gasteiger partial charge in [0, 0.05) is 32.2 Å². The summed E-state index contributed by atoms with van der Waals surface area (Å²) in [6.07, 6.45) is 7.22. The van der Waals surface area contributed by atoms with Crippen molar-refractivity contribution in [3.63, 3.8) is 0 Å². The van der Waals surface area contributed by atoms with Crippen LogP contribution in [0.5, 0.6) is 0 Å². The van der Waals surface area contributed by atoms with Crippen molar-refractivity contribution in [1.29, 1.82) is 0 Å². The minimum Gasteiger partial charge on any atom is -0.384 e. The fourth-order valence-corrected chi connectivity index (χ4v) is 7.48. The van der Waals surface area contributed by atoms with Crippen LogP contribution < -0.4 is 0 Å². The number of aryl methyl sites for hydroxylation is 1. The number of methoxy groups -OCH3 is 1. The highest BCUT2D eigenvalue weighted by molar-refractivity contribution is 7.90. The van der Waals surface area contributed by atoms with Crippen molar-refractivity contribution in [2.75, 3.05) is 25.7 Å². The number of halogens is 2. The Kier molecular flexibility index (Phi) is 6.96. The highest BCUT2D eigenvalue weighted by Crippen LogP contribution is 2.69. The Morgan fingerprint density at radius 2 is 1.88 bits per heavy atom. The summed E-state index contributed by atoms with van der Waals surface area (Å²) >= 11 is 0. The van der Waals surface area contributed by atoms with E-state index in [-0.39, 0.29) is 34.8 Å². The van der Waals surface area contributed by atoms with E-state index in [2.05, 4.69) is 34.1 Å². The van der Waals surface area contributed by atoms with E-state index in [4.69, 9.17) is 9.72 Å². The summed E-state index contributed by atoms with van der Waals surface area (Å²) in [4.78, 5) is 9.49. The van der Waals surface area contributed by atoms with Gasteiger partial charge in [0.25, 0.3) is 5.95 Å². The van der Waals surface area contributed by atoms with E-state index in [1.165, 1.54) is 24.5 Å². The Balaban J connectivity index is 1.42. The average Bonchev–Trinajstić information content (AvgIpc) is 3.54.